The van der Waals surface area contributed by atoms with Gasteiger partial charge in [-0.05, 0) is 0 Å². The molecule has 9 heteroatoms. The van der Waals surface area contributed by atoms with E-state index in [1.165, 1.54) is 0 Å². The van der Waals surface area contributed by atoms with Crippen molar-refractivity contribution in [2.75, 3.05) is 6.61 Å². The van der Waals surface area contributed by atoms with Crippen LogP contribution in [0.15, 0.2) is 6.33 Å². The van der Waals surface area contributed by atoms with E-state index >= 15 is 0 Å². The molecule has 0 radical (unpaired) electrons. The first-order valence-corrected chi connectivity index (χ1v) is 5.16. The molecule has 0 aliphatic carbocycles. The first-order valence-electron chi connectivity index (χ1n) is 5.16. The predicted molar refractivity (Wildman–Crippen MR) is 53.8 cm³/mol. The van der Waals surface area contributed by atoms with Crippen LogP contribution in [-0.2, 0) is 4.74 Å². The average Bonchev–Trinajstić information content (AvgIpc) is 2.88. The molecular formula is C9H12FN3O5. The molecule has 18 heavy (non-hydrogen) atoms. The molecule has 1 fully saturated rings. The van der Waals surface area contributed by atoms with Crippen LogP contribution in [0.2, 0.25) is 0 Å². The third-order valence-corrected chi connectivity index (χ3v) is 2.62. The van der Waals surface area contributed by atoms with Gasteiger partial charge < -0.3 is 30.4 Å². The van der Waals surface area contributed by atoms with Crippen molar-refractivity contribution in [3.63, 3.8) is 0 Å². The molecule has 0 spiro atoms. The number of aliphatic hydroxyl groups excluding tert-OH is 3. The molecule has 4 atom stereocenters. The maximum atomic E-state index is 13.0. The Labute approximate surface area is 100 Å². The second-order valence-electron chi connectivity index (χ2n) is 3.80. The first-order chi connectivity index (χ1) is 8.54. The van der Waals surface area contributed by atoms with E-state index in [2.05, 4.69) is 15.3 Å². The van der Waals surface area contributed by atoms with E-state index in [9.17, 15) is 19.4 Å². The van der Waals surface area contributed by atoms with E-state index in [0.717, 1.165) is 6.33 Å². The summed E-state index contributed by atoms with van der Waals surface area (Å²) in [5, 5.41) is 30.0. The van der Waals surface area contributed by atoms with Gasteiger partial charge in [0.05, 0.1) is 12.9 Å². The van der Waals surface area contributed by atoms with Gasteiger partial charge in [0.1, 0.15) is 18.3 Å². The predicted octanol–water partition coefficient (Wildman–Crippen LogP) is -2.28. The van der Waals surface area contributed by atoms with Crippen LogP contribution in [0.1, 0.15) is 10.5 Å². The Bertz CT molecular complexity index is 440. The summed E-state index contributed by atoms with van der Waals surface area (Å²) in [6, 6.07) is 0. The van der Waals surface area contributed by atoms with Gasteiger partial charge >= 0.3 is 0 Å². The van der Waals surface area contributed by atoms with Gasteiger partial charge in [-0.3, -0.25) is 4.79 Å². The van der Waals surface area contributed by atoms with Gasteiger partial charge in [-0.2, -0.15) is 4.39 Å². The molecule has 1 amide bonds. The number of amides is 1. The highest BCUT2D eigenvalue weighted by atomic mass is 19.1. The summed E-state index contributed by atoms with van der Waals surface area (Å²) in [5.74, 6) is -1.82. The minimum atomic E-state index is -1.41. The third-order valence-electron chi connectivity index (χ3n) is 2.62. The number of carbonyl (C=O) groups is 1. The number of H-pyrrole nitrogens is 1. The van der Waals surface area contributed by atoms with Gasteiger partial charge in [-0.15, -0.1) is 0 Å². The van der Waals surface area contributed by atoms with Crippen LogP contribution < -0.4 is 5.32 Å². The molecule has 0 unspecified atom stereocenters. The normalized spacial score (nSPS) is 31.6. The van der Waals surface area contributed by atoms with Crippen molar-refractivity contribution in [2.24, 2.45) is 0 Å². The number of halogens is 1. The summed E-state index contributed by atoms with van der Waals surface area (Å²) in [5.41, 5.74) is -0.479. The molecule has 100 valence electrons. The van der Waals surface area contributed by atoms with Gasteiger partial charge in [0, 0.05) is 0 Å². The third kappa shape index (κ3) is 2.20. The Morgan fingerprint density at radius 2 is 2.28 bits per heavy atom. The lowest BCUT2D eigenvalue weighted by atomic mass is 10.1. The van der Waals surface area contributed by atoms with E-state index in [4.69, 9.17) is 9.84 Å². The van der Waals surface area contributed by atoms with Crippen molar-refractivity contribution < 1.29 is 29.2 Å². The lowest BCUT2D eigenvalue weighted by Gasteiger charge is -2.15. The number of nitrogens with zero attached hydrogens (tertiary/aromatic N) is 1. The van der Waals surface area contributed by atoms with Crippen LogP contribution in [0, 0.1) is 5.95 Å². The van der Waals surface area contributed by atoms with Gasteiger partial charge in [-0.25, -0.2) is 4.98 Å². The van der Waals surface area contributed by atoms with Crippen LogP contribution in [0.5, 0.6) is 0 Å². The average molecular weight is 261 g/mol. The van der Waals surface area contributed by atoms with Crippen molar-refractivity contribution >= 4 is 5.91 Å². The number of hydrogen-bond acceptors (Lipinski definition) is 6. The smallest absolute Gasteiger partial charge is 0.276 e. The van der Waals surface area contributed by atoms with Crippen LogP contribution in [0.4, 0.5) is 4.39 Å². The van der Waals surface area contributed by atoms with Gasteiger partial charge in [0.2, 0.25) is 5.95 Å². The van der Waals surface area contributed by atoms with Gasteiger partial charge in [-0.1, -0.05) is 0 Å². The second kappa shape index (κ2) is 4.98. The zero-order valence-electron chi connectivity index (χ0n) is 9.08. The monoisotopic (exact) mass is 261 g/mol. The van der Waals surface area contributed by atoms with E-state index in [1.54, 1.807) is 0 Å². The SMILES string of the molecule is O=C(N[C@@H]1O[C@H](CO)[C@@H](O)[C@H]1O)c1nc[nH]c1F. The Morgan fingerprint density at radius 1 is 1.56 bits per heavy atom. The van der Waals surface area contributed by atoms with Gasteiger partial charge in [0.15, 0.2) is 11.9 Å². The number of aliphatic hydroxyl groups is 3. The van der Waals surface area contributed by atoms with Crippen molar-refractivity contribution in [2.45, 2.75) is 24.5 Å². The number of imidazole rings is 1. The molecule has 8 nitrogen and oxygen atoms in total. The molecule has 1 aromatic rings. The highest BCUT2D eigenvalue weighted by Gasteiger charge is 2.43. The van der Waals surface area contributed by atoms with Gasteiger partial charge in [0.25, 0.3) is 5.91 Å². The number of ether oxygens (including phenoxy) is 1. The zero-order chi connectivity index (χ0) is 13.3. The number of carbonyl (C=O) groups excluding carboxylic acids is 1. The van der Waals surface area contributed by atoms with Crippen molar-refractivity contribution in [3.05, 3.63) is 18.0 Å². The quantitative estimate of drug-likeness (QED) is 0.417. The van der Waals surface area contributed by atoms with Crippen LogP contribution in [0.3, 0.4) is 0 Å². The van der Waals surface area contributed by atoms with Crippen LogP contribution in [-0.4, -0.2) is 62.3 Å². The summed E-state index contributed by atoms with van der Waals surface area (Å²) in [4.78, 5) is 17.1. The molecule has 5 N–H and O–H groups in total. The fourth-order valence-electron chi connectivity index (χ4n) is 1.65. The highest BCUT2D eigenvalue weighted by Crippen LogP contribution is 2.19. The molecule has 0 saturated carbocycles. The number of rotatable bonds is 3. The summed E-state index contributed by atoms with van der Waals surface area (Å²) in [6.07, 6.45) is -3.98. The molecule has 1 aliphatic heterocycles. The largest absolute Gasteiger partial charge is 0.394 e. The van der Waals surface area contributed by atoms with E-state index in [0.29, 0.717) is 0 Å². The summed E-state index contributed by atoms with van der Waals surface area (Å²) in [6.45, 7) is -0.513. The number of hydrogen-bond donors (Lipinski definition) is 5. The van der Waals surface area contributed by atoms with Crippen molar-refractivity contribution in [3.8, 4) is 0 Å². The topological polar surface area (TPSA) is 128 Å². The summed E-state index contributed by atoms with van der Waals surface area (Å²) >= 11 is 0. The Kier molecular flexibility index (Phi) is 3.57. The first kappa shape index (κ1) is 12.9. The second-order valence-corrected chi connectivity index (χ2v) is 3.80. The van der Waals surface area contributed by atoms with E-state index in [-0.39, 0.29) is 0 Å². The van der Waals surface area contributed by atoms with E-state index < -0.39 is 48.7 Å². The minimum Gasteiger partial charge on any atom is -0.394 e. The van der Waals surface area contributed by atoms with Crippen molar-refractivity contribution in [1.82, 2.24) is 15.3 Å². The summed E-state index contributed by atoms with van der Waals surface area (Å²) < 4.78 is 18.0. The zero-order valence-corrected chi connectivity index (χ0v) is 9.08. The maximum absolute atomic E-state index is 13.0. The Morgan fingerprint density at radius 3 is 2.78 bits per heavy atom. The molecule has 0 aromatic carbocycles. The van der Waals surface area contributed by atoms with Crippen molar-refractivity contribution in [1.29, 1.82) is 0 Å². The van der Waals surface area contributed by atoms with E-state index in [1.807, 2.05) is 0 Å². The van der Waals surface area contributed by atoms with Crippen LogP contribution in [0.25, 0.3) is 0 Å². The standard InChI is InChI=1S/C9H12FN3O5/c10-7-4(11-2-12-7)8(17)13-9-6(16)5(15)3(1-14)18-9/h2-3,5-6,9,14-16H,1H2,(H,11,12)(H,13,17)/t3-,5-,6-,9-/m1/s1. The maximum Gasteiger partial charge on any atom is 0.276 e. The number of aromatic nitrogens is 2. The number of nitrogens with one attached hydrogen (secondary N) is 2. The molecule has 2 rings (SSSR count). The summed E-state index contributed by atoms with van der Waals surface area (Å²) in [7, 11) is 0. The highest BCUT2D eigenvalue weighted by molar-refractivity contribution is 5.92. The Hall–Kier alpha value is -1.55. The molecule has 0 bridgehead atoms. The number of aromatic amines is 1. The lowest BCUT2D eigenvalue weighted by Crippen LogP contribution is -2.44. The van der Waals surface area contributed by atoms with Crippen LogP contribution >= 0.6 is 0 Å². The molecule has 1 saturated heterocycles. The molecular weight excluding hydrogens is 249 g/mol. The Balaban J connectivity index is 2.03. The lowest BCUT2D eigenvalue weighted by molar-refractivity contribution is -0.0305. The minimum absolute atomic E-state index is 0.479. The fourth-order valence-corrected chi connectivity index (χ4v) is 1.65. The molecule has 2 heterocycles. The molecule has 1 aromatic heterocycles. The fraction of sp³-hybridized carbons (Fsp3) is 0.556. The molecule has 1 aliphatic rings.